The normalized spacial score (nSPS) is 11.0. The molecule has 4 aromatic rings. The molecular weight excluding hydrogens is 270 g/mol. The molecule has 2 N–H and O–H groups in total. The fourth-order valence-corrected chi connectivity index (χ4v) is 2.90. The van der Waals surface area contributed by atoms with Crippen LogP contribution < -0.4 is 0 Å². The first-order valence-electron chi connectivity index (χ1n) is 6.23. The van der Waals surface area contributed by atoms with E-state index in [9.17, 15) is 0 Å². The molecule has 0 atom stereocenters. The zero-order chi connectivity index (χ0) is 13.4. The number of thiophene rings is 1. The minimum absolute atomic E-state index is 0.737. The molecule has 0 aliphatic rings. The van der Waals surface area contributed by atoms with E-state index in [0.717, 1.165) is 33.5 Å². The number of hydrogen-bond donors (Lipinski definition) is 2. The maximum atomic E-state index is 5.42. The van der Waals surface area contributed by atoms with Crippen LogP contribution in [0, 0.1) is 0 Å². The topological polar surface area (TPSA) is 57.6 Å². The summed E-state index contributed by atoms with van der Waals surface area (Å²) in [5.74, 6) is 1.48. The van der Waals surface area contributed by atoms with Crippen molar-refractivity contribution in [2.24, 2.45) is 0 Å². The summed E-state index contributed by atoms with van der Waals surface area (Å²) in [7, 11) is 0. The summed E-state index contributed by atoms with van der Waals surface area (Å²) in [6.45, 7) is 0. The Balaban J connectivity index is 1.92. The molecule has 0 bridgehead atoms. The van der Waals surface area contributed by atoms with Gasteiger partial charge in [0.25, 0.3) is 0 Å². The highest BCUT2D eigenvalue weighted by Gasteiger charge is 2.17. The lowest BCUT2D eigenvalue weighted by Gasteiger charge is -1.96. The third-order valence-electron chi connectivity index (χ3n) is 3.08. The van der Waals surface area contributed by atoms with Gasteiger partial charge in [0, 0.05) is 6.20 Å². The first kappa shape index (κ1) is 11.3. The van der Waals surface area contributed by atoms with Gasteiger partial charge in [0.05, 0.1) is 22.5 Å². The number of aromatic nitrogens is 3. The van der Waals surface area contributed by atoms with Crippen LogP contribution in [0.2, 0.25) is 0 Å². The number of nitrogens with zero attached hydrogens (tertiary/aromatic N) is 1. The summed E-state index contributed by atoms with van der Waals surface area (Å²) in [5, 5.41) is 2.06. The molecule has 0 saturated carbocycles. The molecule has 4 nitrogen and oxygen atoms in total. The van der Waals surface area contributed by atoms with Gasteiger partial charge in [-0.25, -0.2) is 4.98 Å². The summed E-state index contributed by atoms with van der Waals surface area (Å²) in [6, 6.07) is 11.9. The van der Waals surface area contributed by atoms with Crippen molar-refractivity contribution >= 4 is 11.3 Å². The molecule has 4 rings (SSSR count). The molecule has 98 valence electrons. The van der Waals surface area contributed by atoms with Crippen molar-refractivity contribution < 1.29 is 4.42 Å². The second kappa shape index (κ2) is 4.54. The number of hydrogen-bond acceptors (Lipinski definition) is 3. The van der Waals surface area contributed by atoms with Crippen LogP contribution in [-0.2, 0) is 0 Å². The van der Waals surface area contributed by atoms with Crippen molar-refractivity contribution in [1.82, 2.24) is 15.0 Å². The Hall–Kier alpha value is -2.53. The maximum absolute atomic E-state index is 5.42. The van der Waals surface area contributed by atoms with Gasteiger partial charge in [-0.1, -0.05) is 6.07 Å². The first-order valence-corrected chi connectivity index (χ1v) is 7.11. The molecule has 0 aromatic carbocycles. The van der Waals surface area contributed by atoms with Crippen molar-refractivity contribution in [3.63, 3.8) is 0 Å². The molecule has 0 fully saturated rings. The number of nitrogens with one attached hydrogen (secondary N) is 2. The van der Waals surface area contributed by atoms with Gasteiger partial charge < -0.3 is 14.4 Å². The van der Waals surface area contributed by atoms with Crippen molar-refractivity contribution in [1.29, 1.82) is 0 Å². The second-order valence-corrected chi connectivity index (χ2v) is 5.30. The Labute approximate surface area is 119 Å². The summed E-state index contributed by atoms with van der Waals surface area (Å²) in [5.41, 5.74) is 2.90. The zero-order valence-corrected chi connectivity index (χ0v) is 11.3. The maximum Gasteiger partial charge on any atom is 0.174 e. The summed E-state index contributed by atoms with van der Waals surface area (Å²) in [4.78, 5) is 12.4. The lowest BCUT2D eigenvalue weighted by molar-refractivity contribution is 0.578. The van der Waals surface area contributed by atoms with E-state index in [1.165, 1.54) is 0 Å². The number of aromatic amines is 2. The minimum Gasteiger partial charge on any atom is -0.461 e. The van der Waals surface area contributed by atoms with Gasteiger partial charge in [0.2, 0.25) is 0 Å². The Morgan fingerprint density at radius 1 is 1.10 bits per heavy atom. The lowest BCUT2D eigenvalue weighted by Crippen LogP contribution is -1.80. The first-order chi connectivity index (χ1) is 9.92. The fourth-order valence-electron chi connectivity index (χ4n) is 2.17. The molecule has 0 spiro atoms. The van der Waals surface area contributed by atoms with Crippen LogP contribution in [0.4, 0.5) is 0 Å². The molecule has 20 heavy (non-hydrogen) atoms. The Bertz CT molecular complexity index is 744. The number of H-pyrrole nitrogens is 2. The van der Waals surface area contributed by atoms with Gasteiger partial charge in [0.15, 0.2) is 11.6 Å². The predicted octanol–water partition coefficient (Wildman–Crippen LogP) is 4.39. The minimum atomic E-state index is 0.737. The van der Waals surface area contributed by atoms with Crippen LogP contribution in [0.1, 0.15) is 0 Å². The van der Waals surface area contributed by atoms with Crippen LogP contribution in [0.25, 0.3) is 33.5 Å². The molecule has 4 aromatic heterocycles. The van der Waals surface area contributed by atoms with Gasteiger partial charge in [-0.05, 0) is 35.7 Å². The monoisotopic (exact) mass is 281 g/mol. The number of furan rings is 1. The lowest BCUT2D eigenvalue weighted by atomic mass is 10.2. The third kappa shape index (κ3) is 1.80. The average molecular weight is 281 g/mol. The largest absolute Gasteiger partial charge is 0.461 e. The van der Waals surface area contributed by atoms with Crippen LogP contribution in [0.3, 0.4) is 0 Å². The summed E-state index contributed by atoms with van der Waals surface area (Å²) < 4.78 is 5.42. The third-order valence-corrected chi connectivity index (χ3v) is 3.97. The van der Waals surface area contributed by atoms with Crippen molar-refractivity contribution in [3.05, 3.63) is 54.2 Å². The molecule has 0 aliphatic carbocycles. The quantitative estimate of drug-likeness (QED) is 0.585. The highest BCUT2D eigenvalue weighted by Crippen LogP contribution is 2.34. The van der Waals surface area contributed by atoms with E-state index in [1.807, 2.05) is 36.5 Å². The highest BCUT2D eigenvalue weighted by molar-refractivity contribution is 7.13. The molecule has 0 saturated heterocycles. The molecule has 0 amide bonds. The molecular formula is C15H11N3OS. The molecule has 0 aliphatic heterocycles. The van der Waals surface area contributed by atoms with Crippen molar-refractivity contribution in [3.8, 4) is 33.5 Å². The van der Waals surface area contributed by atoms with E-state index >= 15 is 0 Å². The molecule has 5 heteroatoms. The summed E-state index contributed by atoms with van der Waals surface area (Å²) >= 11 is 1.68. The van der Waals surface area contributed by atoms with E-state index < -0.39 is 0 Å². The van der Waals surface area contributed by atoms with Gasteiger partial charge in [-0.15, -0.1) is 11.3 Å². The van der Waals surface area contributed by atoms with Crippen LogP contribution in [0.5, 0.6) is 0 Å². The number of rotatable bonds is 3. The van der Waals surface area contributed by atoms with Gasteiger partial charge in [-0.2, -0.15) is 0 Å². The van der Waals surface area contributed by atoms with E-state index in [4.69, 9.17) is 4.42 Å². The number of imidazole rings is 1. The Morgan fingerprint density at radius 3 is 2.80 bits per heavy atom. The fraction of sp³-hybridized carbons (Fsp3) is 0. The van der Waals surface area contributed by atoms with E-state index in [1.54, 1.807) is 17.6 Å². The second-order valence-electron chi connectivity index (χ2n) is 4.35. The Morgan fingerprint density at radius 2 is 2.10 bits per heavy atom. The van der Waals surface area contributed by atoms with Crippen molar-refractivity contribution in [2.45, 2.75) is 0 Å². The summed E-state index contributed by atoms with van der Waals surface area (Å²) in [6.07, 6.45) is 3.55. The van der Waals surface area contributed by atoms with Crippen LogP contribution in [-0.4, -0.2) is 15.0 Å². The van der Waals surface area contributed by atoms with E-state index in [0.29, 0.717) is 0 Å². The Kier molecular flexibility index (Phi) is 2.57. The van der Waals surface area contributed by atoms with E-state index in [-0.39, 0.29) is 0 Å². The van der Waals surface area contributed by atoms with E-state index in [2.05, 4.69) is 26.4 Å². The predicted molar refractivity (Wildman–Crippen MR) is 79.4 cm³/mol. The zero-order valence-electron chi connectivity index (χ0n) is 10.5. The van der Waals surface area contributed by atoms with Gasteiger partial charge in [-0.3, -0.25) is 0 Å². The standard InChI is InChI=1S/C15H11N3OS/c1-4-10(16-7-1)13-14(12-6-3-9-20-12)18-15(17-13)11-5-2-8-19-11/h1-9,16H,(H,17,18). The van der Waals surface area contributed by atoms with Crippen LogP contribution in [0.15, 0.2) is 58.7 Å². The average Bonchev–Trinajstić information content (AvgIpc) is 3.22. The molecule has 0 unspecified atom stereocenters. The van der Waals surface area contributed by atoms with Crippen LogP contribution >= 0.6 is 11.3 Å². The molecule has 0 radical (unpaired) electrons. The SMILES string of the molecule is c1c[nH]c(-c2nc(-c3ccco3)[nH]c2-c2cccs2)c1. The highest BCUT2D eigenvalue weighted by atomic mass is 32.1. The van der Waals surface area contributed by atoms with Gasteiger partial charge in [0.1, 0.15) is 5.69 Å². The van der Waals surface area contributed by atoms with Gasteiger partial charge >= 0.3 is 0 Å². The smallest absolute Gasteiger partial charge is 0.174 e. The molecule has 4 heterocycles. The van der Waals surface area contributed by atoms with Crippen molar-refractivity contribution in [2.75, 3.05) is 0 Å².